The van der Waals surface area contributed by atoms with Gasteiger partial charge in [0.25, 0.3) is 5.91 Å². The van der Waals surface area contributed by atoms with Gasteiger partial charge in [0, 0.05) is 25.4 Å². The maximum atomic E-state index is 12.2. The Balaban J connectivity index is 2.07. The number of nitrogens with one attached hydrogen (secondary N) is 1. The molecule has 0 radical (unpaired) electrons. The minimum atomic E-state index is -0.781. The van der Waals surface area contributed by atoms with Crippen LogP contribution in [0, 0.1) is 5.41 Å². The summed E-state index contributed by atoms with van der Waals surface area (Å²) in [5.74, 6) is -0.951. The zero-order valence-electron chi connectivity index (χ0n) is 11.4. The number of aromatic nitrogens is 1. The summed E-state index contributed by atoms with van der Waals surface area (Å²) in [4.78, 5) is 38.7. The van der Waals surface area contributed by atoms with Crippen LogP contribution in [-0.2, 0) is 4.79 Å². The van der Waals surface area contributed by atoms with E-state index >= 15 is 0 Å². The second kappa shape index (κ2) is 5.48. The average Bonchev–Trinajstić information content (AvgIpc) is 2.47. The third-order valence-corrected chi connectivity index (χ3v) is 4.17. The quantitative estimate of drug-likeness (QED) is 0.866. The third-order valence-electron chi connectivity index (χ3n) is 4.17. The van der Waals surface area contributed by atoms with Crippen molar-refractivity contribution < 1.29 is 14.7 Å². The molecule has 1 amide bonds. The Morgan fingerprint density at radius 2 is 2.00 bits per heavy atom. The molecule has 1 aromatic heterocycles. The van der Waals surface area contributed by atoms with Crippen molar-refractivity contribution in [2.75, 3.05) is 13.1 Å². The number of hydrogen-bond donors (Lipinski definition) is 2. The topological polar surface area (TPSA) is 90.5 Å². The van der Waals surface area contributed by atoms with Crippen molar-refractivity contribution in [3.05, 3.63) is 34.2 Å². The fourth-order valence-corrected chi connectivity index (χ4v) is 2.58. The number of rotatable bonds is 3. The average molecular weight is 278 g/mol. The molecule has 1 aliphatic heterocycles. The number of amides is 1. The maximum absolute atomic E-state index is 12.2. The van der Waals surface area contributed by atoms with E-state index in [9.17, 15) is 19.5 Å². The molecule has 2 heterocycles. The van der Waals surface area contributed by atoms with Crippen molar-refractivity contribution in [3.8, 4) is 0 Å². The van der Waals surface area contributed by atoms with Crippen molar-refractivity contribution in [1.82, 2.24) is 9.88 Å². The minimum absolute atomic E-state index is 0.170. The third kappa shape index (κ3) is 2.59. The summed E-state index contributed by atoms with van der Waals surface area (Å²) in [5.41, 5.74) is -0.540. The van der Waals surface area contributed by atoms with Gasteiger partial charge in [-0.2, -0.15) is 0 Å². The molecule has 6 heteroatoms. The van der Waals surface area contributed by atoms with Crippen LogP contribution >= 0.6 is 0 Å². The van der Waals surface area contributed by atoms with Gasteiger partial charge in [-0.15, -0.1) is 0 Å². The van der Waals surface area contributed by atoms with E-state index in [1.807, 2.05) is 6.92 Å². The van der Waals surface area contributed by atoms with E-state index in [1.54, 1.807) is 4.90 Å². The monoisotopic (exact) mass is 278 g/mol. The van der Waals surface area contributed by atoms with Crippen LogP contribution in [0.2, 0.25) is 0 Å². The van der Waals surface area contributed by atoms with Crippen LogP contribution in [-0.4, -0.2) is 40.0 Å². The molecule has 0 aromatic carbocycles. The van der Waals surface area contributed by atoms with Gasteiger partial charge < -0.3 is 15.0 Å². The molecule has 20 heavy (non-hydrogen) atoms. The van der Waals surface area contributed by atoms with Gasteiger partial charge in [0.2, 0.25) is 5.56 Å². The van der Waals surface area contributed by atoms with Crippen LogP contribution in [0.3, 0.4) is 0 Å². The molecule has 1 fully saturated rings. The summed E-state index contributed by atoms with van der Waals surface area (Å²) in [6.07, 6.45) is 2.90. The molecule has 1 saturated heterocycles. The minimum Gasteiger partial charge on any atom is -0.481 e. The van der Waals surface area contributed by atoms with Crippen molar-refractivity contribution >= 4 is 11.9 Å². The summed E-state index contributed by atoms with van der Waals surface area (Å²) in [5, 5.41) is 9.32. The first-order valence-electron chi connectivity index (χ1n) is 6.70. The van der Waals surface area contributed by atoms with Crippen LogP contribution in [0.4, 0.5) is 0 Å². The lowest BCUT2D eigenvalue weighted by Gasteiger charge is -2.38. The number of carboxylic acid groups (broad SMARTS) is 1. The van der Waals surface area contributed by atoms with Gasteiger partial charge in [0.15, 0.2) is 0 Å². The first-order valence-corrected chi connectivity index (χ1v) is 6.70. The normalized spacial score (nSPS) is 17.8. The Hall–Kier alpha value is -2.11. The highest BCUT2D eigenvalue weighted by Crippen LogP contribution is 2.35. The number of aliphatic carboxylic acids is 1. The predicted octanol–water partition coefficient (Wildman–Crippen LogP) is 1.09. The molecule has 1 aliphatic rings. The first kappa shape index (κ1) is 14.3. The lowest BCUT2D eigenvalue weighted by atomic mass is 9.76. The van der Waals surface area contributed by atoms with E-state index in [2.05, 4.69) is 4.98 Å². The molecule has 0 unspecified atom stereocenters. The number of likely N-dealkylation sites (tertiary alicyclic amines) is 1. The predicted molar refractivity (Wildman–Crippen MR) is 72.6 cm³/mol. The zero-order valence-corrected chi connectivity index (χ0v) is 11.4. The lowest BCUT2D eigenvalue weighted by molar-refractivity contribution is -0.152. The lowest BCUT2D eigenvalue weighted by Crippen LogP contribution is -2.46. The first-order chi connectivity index (χ1) is 9.48. The van der Waals surface area contributed by atoms with Gasteiger partial charge in [-0.25, -0.2) is 0 Å². The Bertz CT molecular complexity index is 550. The van der Waals surface area contributed by atoms with Crippen molar-refractivity contribution in [2.45, 2.75) is 26.2 Å². The highest BCUT2D eigenvalue weighted by Gasteiger charge is 2.40. The molecule has 0 bridgehead atoms. The Kier molecular flexibility index (Phi) is 3.92. The molecule has 0 saturated carbocycles. The Morgan fingerprint density at radius 1 is 1.35 bits per heavy atom. The van der Waals surface area contributed by atoms with Crippen molar-refractivity contribution in [3.63, 3.8) is 0 Å². The molecular formula is C14H18N2O4. The molecular weight excluding hydrogens is 260 g/mol. The number of carboxylic acids is 1. The van der Waals surface area contributed by atoms with Crippen LogP contribution in [0.5, 0.6) is 0 Å². The number of pyridine rings is 1. The summed E-state index contributed by atoms with van der Waals surface area (Å²) in [6.45, 7) is 2.73. The van der Waals surface area contributed by atoms with E-state index < -0.39 is 11.4 Å². The van der Waals surface area contributed by atoms with Gasteiger partial charge in [0.05, 0.1) is 11.0 Å². The molecule has 108 valence electrons. The summed E-state index contributed by atoms with van der Waals surface area (Å²) >= 11 is 0. The molecule has 1 aromatic rings. The van der Waals surface area contributed by atoms with Crippen molar-refractivity contribution in [1.29, 1.82) is 0 Å². The Morgan fingerprint density at radius 3 is 2.45 bits per heavy atom. The fraction of sp³-hybridized carbons (Fsp3) is 0.500. The molecule has 0 atom stereocenters. The van der Waals surface area contributed by atoms with Gasteiger partial charge in [0.1, 0.15) is 0 Å². The number of carbonyl (C=O) groups is 2. The number of aromatic amines is 1. The van der Waals surface area contributed by atoms with Gasteiger partial charge in [-0.3, -0.25) is 14.4 Å². The number of piperidine rings is 1. The van der Waals surface area contributed by atoms with E-state index in [4.69, 9.17) is 0 Å². The highest BCUT2D eigenvalue weighted by molar-refractivity contribution is 5.94. The summed E-state index contributed by atoms with van der Waals surface area (Å²) in [7, 11) is 0. The smallest absolute Gasteiger partial charge is 0.309 e. The van der Waals surface area contributed by atoms with Crippen LogP contribution in [0.25, 0.3) is 0 Å². The number of nitrogens with zero attached hydrogens (tertiary/aromatic N) is 1. The standard InChI is InChI=1S/C14H18N2O4/c1-2-14(13(19)20)5-7-16(8-6-14)12(18)10-3-4-11(17)15-9-10/h3-4,9H,2,5-8H2,1H3,(H,15,17)(H,19,20). The van der Waals surface area contributed by atoms with Gasteiger partial charge >= 0.3 is 5.97 Å². The van der Waals surface area contributed by atoms with Gasteiger partial charge in [-0.1, -0.05) is 6.92 Å². The number of H-pyrrole nitrogens is 1. The second-order valence-electron chi connectivity index (χ2n) is 5.17. The van der Waals surface area contributed by atoms with Crippen LogP contribution in [0.1, 0.15) is 36.5 Å². The highest BCUT2D eigenvalue weighted by atomic mass is 16.4. The van der Waals surface area contributed by atoms with E-state index in [-0.39, 0.29) is 11.5 Å². The van der Waals surface area contributed by atoms with Crippen molar-refractivity contribution in [2.24, 2.45) is 5.41 Å². The zero-order chi connectivity index (χ0) is 14.8. The molecule has 2 N–H and O–H groups in total. The SMILES string of the molecule is CCC1(C(=O)O)CCN(C(=O)c2ccc(=O)[nH]c2)CC1. The Labute approximate surface area is 116 Å². The van der Waals surface area contributed by atoms with Crippen LogP contribution < -0.4 is 5.56 Å². The van der Waals surface area contributed by atoms with E-state index in [0.29, 0.717) is 37.9 Å². The molecule has 6 nitrogen and oxygen atoms in total. The molecule has 0 aliphatic carbocycles. The van der Waals surface area contributed by atoms with E-state index in [0.717, 1.165) is 0 Å². The summed E-state index contributed by atoms with van der Waals surface area (Å²) < 4.78 is 0. The van der Waals surface area contributed by atoms with E-state index in [1.165, 1.54) is 18.3 Å². The number of carbonyl (C=O) groups excluding carboxylic acids is 1. The molecule has 2 rings (SSSR count). The van der Waals surface area contributed by atoms with Gasteiger partial charge in [-0.05, 0) is 25.3 Å². The fourth-order valence-electron chi connectivity index (χ4n) is 2.58. The summed E-state index contributed by atoms with van der Waals surface area (Å²) in [6, 6.07) is 2.80. The molecule has 0 spiro atoms. The largest absolute Gasteiger partial charge is 0.481 e. The number of hydrogen-bond acceptors (Lipinski definition) is 3. The second-order valence-corrected chi connectivity index (χ2v) is 5.17. The maximum Gasteiger partial charge on any atom is 0.309 e. The van der Waals surface area contributed by atoms with Crippen LogP contribution in [0.15, 0.2) is 23.1 Å².